The minimum absolute atomic E-state index is 0.0672. The number of hydrogen-bond donors (Lipinski definition) is 1. The average molecular weight is 428 g/mol. The monoisotopic (exact) mass is 426 g/mol. The van der Waals surface area contributed by atoms with Gasteiger partial charge in [0.25, 0.3) is 5.69 Å². The number of nitrogens with one attached hydrogen (secondary N) is 1. The van der Waals surface area contributed by atoms with E-state index in [0.29, 0.717) is 5.69 Å². The van der Waals surface area contributed by atoms with Crippen LogP contribution >= 0.6 is 31.9 Å². The summed E-state index contributed by atoms with van der Waals surface area (Å²) in [6.07, 6.45) is 0. The fourth-order valence-corrected chi connectivity index (χ4v) is 2.81. The summed E-state index contributed by atoms with van der Waals surface area (Å²) in [5.74, 6) is -0.286. The number of anilines is 1. The molecule has 2 aromatic carbocycles. The van der Waals surface area contributed by atoms with Gasteiger partial charge in [-0.05, 0) is 11.6 Å². The van der Waals surface area contributed by atoms with Gasteiger partial charge in [0.2, 0.25) is 5.91 Å². The minimum atomic E-state index is -0.519. The second-order valence-corrected chi connectivity index (χ2v) is 6.48. The molecule has 2 rings (SSSR count). The summed E-state index contributed by atoms with van der Waals surface area (Å²) in [7, 11) is 0. The van der Waals surface area contributed by atoms with Crippen molar-refractivity contribution in [2.24, 2.45) is 0 Å². The Morgan fingerprint density at radius 1 is 1.09 bits per heavy atom. The lowest BCUT2D eigenvalue weighted by Gasteiger charge is -2.17. The standard InChI is InChI=1S/C15H12Br2N2O3/c16-13(10-5-2-1-3-6-10)14(17)15(20)18-11-7-4-8-12(9-11)19(21)22/h1-9,13-14H,(H,18,20)/t13-,14+/m0/s1. The van der Waals surface area contributed by atoms with Gasteiger partial charge in [0.1, 0.15) is 4.83 Å². The largest absolute Gasteiger partial charge is 0.325 e. The number of amides is 1. The average Bonchev–Trinajstić information content (AvgIpc) is 2.54. The van der Waals surface area contributed by atoms with Crippen molar-refractivity contribution in [3.05, 3.63) is 70.3 Å². The number of benzene rings is 2. The maximum absolute atomic E-state index is 12.3. The Morgan fingerprint density at radius 3 is 2.41 bits per heavy atom. The van der Waals surface area contributed by atoms with Gasteiger partial charge >= 0.3 is 0 Å². The lowest BCUT2D eigenvalue weighted by atomic mass is 10.1. The van der Waals surface area contributed by atoms with Crippen molar-refractivity contribution < 1.29 is 9.72 Å². The summed E-state index contributed by atoms with van der Waals surface area (Å²) in [4.78, 5) is 21.8. The zero-order valence-corrected chi connectivity index (χ0v) is 14.5. The first-order valence-electron chi connectivity index (χ1n) is 6.37. The van der Waals surface area contributed by atoms with Gasteiger partial charge in [0.05, 0.1) is 9.75 Å². The molecular formula is C15H12Br2N2O3. The Hall–Kier alpha value is -1.73. The molecule has 0 aromatic heterocycles. The predicted octanol–water partition coefficient (Wildman–Crippen LogP) is 4.43. The number of halogens is 2. The zero-order valence-electron chi connectivity index (χ0n) is 11.3. The molecule has 22 heavy (non-hydrogen) atoms. The molecule has 0 saturated heterocycles. The fraction of sp³-hybridized carbons (Fsp3) is 0.133. The van der Waals surface area contributed by atoms with Crippen LogP contribution < -0.4 is 5.32 Å². The Morgan fingerprint density at radius 2 is 1.77 bits per heavy atom. The van der Waals surface area contributed by atoms with Crippen LogP contribution in [0.15, 0.2) is 54.6 Å². The van der Waals surface area contributed by atoms with Gasteiger partial charge in [0, 0.05) is 17.8 Å². The summed E-state index contributed by atoms with van der Waals surface area (Å²) < 4.78 is 0. The number of carbonyl (C=O) groups is 1. The molecule has 2 atom stereocenters. The summed E-state index contributed by atoms with van der Waals surface area (Å²) in [6.45, 7) is 0. The van der Waals surface area contributed by atoms with Crippen molar-refractivity contribution in [1.29, 1.82) is 0 Å². The Labute approximate surface area is 144 Å². The van der Waals surface area contributed by atoms with Crippen molar-refractivity contribution in [2.75, 3.05) is 5.32 Å². The SMILES string of the molecule is O=C(Nc1cccc([N+](=O)[O-])c1)[C@H](Br)[C@@H](Br)c1ccccc1. The van der Waals surface area contributed by atoms with Crippen molar-refractivity contribution in [1.82, 2.24) is 0 Å². The van der Waals surface area contributed by atoms with Gasteiger partial charge in [-0.15, -0.1) is 0 Å². The third-order valence-corrected chi connectivity index (χ3v) is 5.66. The molecule has 0 unspecified atom stereocenters. The number of alkyl halides is 2. The van der Waals surface area contributed by atoms with Crippen molar-refractivity contribution in [3.63, 3.8) is 0 Å². The lowest BCUT2D eigenvalue weighted by molar-refractivity contribution is -0.384. The van der Waals surface area contributed by atoms with E-state index in [2.05, 4.69) is 37.2 Å². The first kappa shape index (κ1) is 16.6. The van der Waals surface area contributed by atoms with E-state index in [4.69, 9.17) is 0 Å². The van der Waals surface area contributed by atoms with Crippen LogP contribution in [-0.2, 0) is 4.79 Å². The topological polar surface area (TPSA) is 72.2 Å². The highest BCUT2D eigenvalue weighted by Crippen LogP contribution is 2.32. The summed E-state index contributed by atoms with van der Waals surface area (Å²) in [5, 5.41) is 13.4. The lowest BCUT2D eigenvalue weighted by Crippen LogP contribution is -2.26. The number of nitrogens with zero attached hydrogens (tertiary/aromatic N) is 1. The molecule has 0 bridgehead atoms. The van der Waals surface area contributed by atoms with Crippen molar-refractivity contribution in [3.8, 4) is 0 Å². The number of rotatable bonds is 5. The smallest absolute Gasteiger partial charge is 0.271 e. The first-order valence-corrected chi connectivity index (χ1v) is 8.20. The van der Waals surface area contributed by atoms with E-state index in [0.717, 1.165) is 5.56 Å². The van der Waals surface area contributed by atoms with E-state index < -0.39 is 9.75 Å². The van der Waals surface area contributed by atoms with Crippen LogP contribution in [0.3, 0.4) is 0 Å². The highest BCUT2D eigenvalue weighted by molar-refractivity contribution is 9.12. The van der Waals surface area contributed by atoms with Crippen LogP contribution in [-0.4, -0.2) is 15.7 Å². The summed E-state index contributed by atoms with van der Waals surface area (Å²) >= 11 is 6.84. The Kier molecular flexibility index (Phi) is 5.68. The molecule has 0 radical (unpaired) electrons. The molecule has 114 valence electrons. The van der Waals surface area contributed by atoms with Gasteiger partial charge in [-0.2, -0.15) is 0 Å². The molecule has 5 nitrogen and oxygen atoms in total. The van der Waals surface area contributed by atoms with Crippen molar-refractivity contribution >= 4 is 49.1 Å². The highest BCUT2D eigenvalue weighted by atomic mass is 79.9. The van der Waals surface area contributed by atoms with Crippen LogP contribution in [0.5, 0.6) is 0 Å². The van der Waals surface area contributed by atoms with Crippen LogP contribution in [0.25, 0.3) is 0 Å². The highest BCUT2D eigenvalue weighted by Gasteiger charge is 2.25. The number of non-ortho nitro benzene ring substituents is 1. The van der Waals surface area contributed by atoms with Crippen LogP contribution in [0.2, 0.25) is 0 Å². The molecule has 1 N–H and O–H groups in total. The van der Waals surface area contributed by atoms with Gasteiger partial charge in [0.15, 0.2) is 0 Å². The van der Waals surface area contributed by atoms with E-state index in [1.165, 1.54) is 18.2 Å². The minimum Gasteiger partial charge on any atom is -0.325 e. The molecule has 2 aromatic rings. The number of nitro groups is 1. The van der Waals surface area contributed by atoms with E-state index >= 15 is 0 Å². The van der Waals surface area contributed by atoms with E-state index in [9.17, 15) is 14.9 Å². The van der Waals surface area contributed by atoms with Crippen LogP contribution in [0, 0.1) is 10.1 Å². The number of carbonyl (C=O) groups excluding carboxylic acids is 1. The molecule has 7 heteroatoms. The summed E-state index contributed by atoms with van der Waals surface area (Å²) in [6, 6.07) is 15.3. The molecule has 0 heterocycles. The predicted molar refractivity (Wildman–Crippen MR) is 92.6 cm³/mol. The maximum Gasteiger partial charge on any atom is 0.271 e. The number of nitro benzene ring substituents is 1. The third-order valence-electron chi connectivity index (χ3n) is 2.95. The molecule has 0 fully saturated rings. The van der Waals surface area contributed by atoms with Gasteiger partial charge in [-0.3, -0.25) is 14.9 Å². The second kappa shape index (κ2) is 7.51. The Bertz CT molecular complexity index is 679. The zero-order chi connectivity index (χ0) is 16.1. The molecular weight excluding hydrogens is 416 g/mol. The summed E-state index contributed by atoms with van der Waals surface area (Å²) in [5.41, 5.74) is 1.28. The first-order chi connectivity index (χ1) is 10.5. The Balaban J connectivity index is 2.08. The van der Waals surface area contributed by atoms with Gasteiger partial charge < -0.3 is 5.32 Å². The fourth-order valence-electron chi connectivity index (χ4n) is 1.85. The molecule has 0 aliphatic heterocycles. The van der Waals surface area contributed by atoms with Crippen LogP contribution in [0.1, 0.15) is 10.4 Å². The van der Waals surface area contributed by atoms with Crippen molar-refractivity contribution in [2.45, 2.75) is 9.65 Å². The maximum atomic E-state index is 12.3. The molecule has 1 amide bonds. The molecule has 0 saturated carbocycles. The van der Waals surface area contributed by atoms with Gasteiger partial charge in [-0.1, -0.05) is 68.3 Å². The van der Waals surface area contributed by atoms with E-state index in [1.54, 1.807) is 6.07 Å². The normalized spacial score (nSPS) is 13.2. The van der Waals surface area contributed by atoms with E-state index in [1.807, 2.05) is 30.3 Å². The second-order valence-electron chi connectivity index (χ2n) is 4.51. The van der Waals surface area contributed by atoms with Gasteiger partial charge in [-0.25, -0.2) is 0 Å². The molecule has 0 aliphatic carbocycles. The third kappa shape index (κ3) is 4.14. The number of hydrogen-bond acceptors (Lipinski definition) is 3. The van der Waals surface area contributed by atoms with Crippen LogP contribution in [0.4, 0.5) is 11.4 Å². The quantitative estimate of drug-likeness (QED) is 0.435. The molecule has 0 aliphatic rings. The molecule has 0 spiro atoms. The van der Waals surface area contributed by atoms with E-state index in [-0.39, 0.29) is 16.4 Å².